The molecular formula is C6H19NOSi2. The predicted molar refractivity (Wildman–Crippen MR) is 50.9 cm³/mol. The molecule has 0 saturated carbocycles. The minimum atomic E-state index is -1.33. The molecule has 0 bridgehead atoms. The van der Waals surface area contributed by atoms with E-state index < -0.39 is 18.2 Å². The molecule has 0 aliphatic rings. The summed E-state index contributed by atoms with van der Waals surface area (Å²) in [4.78, 5) is 0. The van der Waals surface area contributed by atoms with Crippen molar-refractivity contribution in [3.8, 4) is 0 Å². The Labute approximate surface area is 67.3 Å². The van der Waals surface area contributed by atoms with Gasteiger partial charge in [0.2, 0.25) is 9.92 Å². The minimum absolute atomic E-state index is 0.671. The largest absolute Gasteiger partial charge is 0.449 e. The fraction of sp³-hybridized carbons (Fsp3) is 1.00. The number of hydrogen-bond donors (Lipinski definition) is 1. The van der Waals surface area contributed by atoms with E-state index in [-0.39, 0.29) is 0 Å². The van der Waals surface area contributed by atoms with Crippen molar-refractivity contribution in [1.82, 2.24) is 0 Å². The molecule has 0 heterocycles. The molecule has 4 heteroatoms. The summed E-state index contributed by atoms with van der Waals surface area (Å²) < 4.78 is 5.60. The van der Waals surface area contributed by atoms with Crippen molar-refractivity contribution in [1.29, 1.82) is 0 Å². The van der Waals surface area contributed by atoms with Gasteiger partial charge < -0.3 is 9.51 Å². The van der Waals surface area contributed by atoms with Gasteiger partial charge in [-0.1, -0.05) is 13.8 Å². The van der Waals surface area contributed by atoms with Crippen LogP contribution in [-0.2, 0) is 4.12 Å². The zero-order valence-electron chi connectivity index (χ0n) is 7.48. The molecule has 0 fully saturated rings. The Morgan fingerprint density at radius 2 is 2.00 bits per heavy atom. The molecule has 0 aromatic carbocycles. The molecule has 0 amide bonds. The summed E-state index contributed by atoms with van der Waals surface area (Å²) in [6.07, 6.45) is 0. The van der Waals surface area contributed by atoms with Gasteiger partial charge in [-0.05, 0) is 25.1 Å². The van der Waals surface area contributed by atoms with Gasteiger partial charge in [-0.2, -0.15) is 0 Å². The smallest absolute Gasteiger partial charge is 0.221 e. The SMILES string of the molecule is CC(C)C[Si](C)(C)O[SiH2]N. The standard InChI is InChI=1S/C6H19NOSi2/c1-6(2)5-10(3,4)8-9-7/h6H,5,7,9H2,1-4H3. The lowest BCUT2D eigenvalue weighted by Crippen LogP contribution is -2.35. The highest BCUT2D eigenvalue weighted by Crippen LogP contribution is 2.16. The maximum Gasteiger partial charge on any atom is 0.221 e. The first-order valence-electron chi connectivity index (χ1n) is 3.82. The molecule has 0 spiro atoms. The normalized spacial score (nSPS) is 13.8. The highest BCUT2D eigenvalue weighted by atomic mass is 28.4. The van der Waals surface area contributed by atoms with Gasteiger partial charge >= 0.3 is 0 Å². The van der Waals surface area contributed by atoms with Crippen LogP contribution in [0.2, 0.25) is 19.1 Å². The van der Waals surface area contributed by atoms with E-state index in [4.69, 9.17) is 9.51 Å². The van der Waals surface area contributed by atoms with Crippen molar-refractivity contribution in [2.45, 2.75) is 33.0 Å². The number of hydrogen-bond acceptors (Lipinski definition) is 2. The molecule has 0 radical (unpaired) electrons. The van der Waals surface area contributed by atoms with Gasteiger partial charge in [0, 0.05) is 0 Å². The van der Waals surface area contributed by atoms with E-state index in [0.29, 0.717) is 0 Å². The summed E-state index contributed by atoms with van der Waals surface area (Å²) in [5.41, 5.74) is 0. The van der Waals surface area contributed by atoms with Crippen LogP contribution in [-0.4, -0.2) is 18.2 Å². The zero-order chi connectivity index (χ0) is 8.20. The van der Waals surface area contributed by atoms with Crippen LogP contribution in [0.1, 0.15) is 13.8 Å². The molecule has 0 rings (SSSR count). The first kappa shape index (κ1) is 10.4. The van der Waals surface area contributed by atoms with Gasteiger partial charge in [-0.3, -0.25) is 0 Å². The van der Waals surface area contributed by atoms with Crippen LogP contribution in [0.3, 0.4) is 0 Å². The van der Waals surface area contributed by atoms with Crippen molar-refractivity contribution < 1.29 is 4.12 Å². The lowest BCUT2D eigenvalue weighted by Gasteiger charge is -2.23. The third-order valence-electron chi connectivity index (χ3n) is 1.37. The Morgan fingerprint density at radius 1 is 1.50 bits per heavy atom. The summed E-state index contributed by atoms with van der Waals surface area (Å²) in [6, 6.07) is 1.23. The van der Waals surface area contributed by atoms with Gasteiger partial charge in [-0.15, -0.1) is 0 Å². The van der Waals surface area contributed by atoms with Crippen molar-refractivity contribution in [2.75, 3.05) is 0 Å². The van der Waals surface area contributed by atoms with E-state index in [1.165, 1.54) is 6.04 Å². The Kier molecular flexibility index (Phi) is 4.43. The fourth-order valence-electron chi connectivity index (χ4n) is 1.27. The first-order valence-corrected chi connectivity index (χ1v) is 8.33. The molecule has 0 aromatic heterocycles. The summed E-state index contributed by atoms with van der Waals surface area (Å²) >= 11 is 0. The average Bonchev–Trinajstić information content (AvgIpc) is 1.59. The Hall–Kier alpha value is 0.354. The molecule has 0 aliphatic carbocycles. The summed E-state index contributed by atoms with van der Waals surface area (Å²) in [6.45, 7) is 8.95. The molecule has 62 valence electrons. The van der Waals surface area contributed by atoms with Crippen molar-refractivity contribution in [3.05, 3.63) is 0 Å². The van der Waals surface area contributed by atoms with Crippen LogP contribution in [0, 0.1) is 5.92 Å². The van der Waals surface area contributed by atoms with Gasteiger partial charge in [0.25, 0.3) is 0 Å². The van der Waals surface area contributed by atoms with Crippen LogP contribution in [0.4, 0.5) is 0 Å². The summed E-state index contributed by atoms with van der Waals surface area (Å²) in [5.74, 6) is 0.752. The molecule has 0 atom stereocenters. The van der Waals surface area contributed by atoms with Crippen LogP contribution in [0.25, 0.3) is 0 Å². The second-order valence-electron chi connectivity index (χ2n) is 3.67. The summed E-state index contributed by atoms with van der Waals surface area (Å²) in [7, 11) is -2.00. The van der Waals surface area contributed by atoms with Gasteiger partial charge in [0.1, 0.15) is 0 Å². The second-order valence-corrected chi connectivity index (χ2v) is 9.08. The topological polar surface area (TPSA) is 35.2 Å². The molecule has 0 unspecified atom stereocenters. The van der Waals surface area contributed by atoms with Gasteiger partial charge in [0.05, 0.1) is 0 Å². The Bertz CT molecular complexity index is 95.7. The third-order valence-corrected chi connectivity index (χ3v) is 6.97. The zero-order valence-corrected chi connectivity index (χ0v) is 9.89. The van der Waals surface area contributed by atoms with E-state index >= 15 is 0 Å². The van der Waals surface area contributed by atoms with E-state index in [1.807, 2.05) is 0 Å². The van der Waals surface area contributed by atoms with E-state index in [0.717, 1.165) is 5.92 Å². The lowest BCUT2D eigenvalue weighted by atomic mass is 10.3. The van der Waals surface area contributed by atoms with Crippen LogP contribution in [0.5, 0.6) is 0 Å². The van der Waals surface area contributed by atoms with Gasteiger partial charge in [0.15, 0.2) is 8.32 Å². The average molecular weight is 177 g/mol. The molecule has 2 nitrogen and oxygen atoms in total. The lowest BCUT2D eigenvalue weighted by molar-refractivity contribution is 0.558. The molecule has 0 aliphatic heterocycles. The monoisotopic (exact) mass is 177 g/mol. The molecule has 0 saturated heterocycles. The van der Waals surface area contributed by atoms with Crippen molar-refractivity contribution >= 4 is 18.2 Å². The van der Waals surface area contributed by atoms with E-state index in [1.54, 1.807) is 0 Å². The van der Waals surface area contributed by atoms with Crippen LogP contribution < -0.4 is 5.40 Å². The third kappa shape index (κ3) is 5.16. The molecule has 2 N–H and O–H groups in total. The second kappa shape index (κ2) is 4.28. The maximum absolute atomic E-state index is 5.60. The predicted octanol–water partition coefficient (Wildman–Crippen LogP) is 0.822. The molecule has 10 heavy (non-hydrogen) atoms. The summed E-state index contributed by atoms with van der Waals surface area (Å²) in [5, 5.41) is 5.44. The van der Waals surface area contributed by atoms with Crippen LogP contribution in [0.15, 0.2) is 0 Å². The highest BCUT2D eigenvalue weighted by Gasteiger charge is 2.22. The fourth-order valence-corrected chi connectivity index (χ4v) is 5.51. The molecule has 0 aromatic rings. The Balaban J connectivity index is 3.63. The first-order chi connectivity index (χ1) is 4.48. The Morgan fingerprint density at radius 3 is 2.30 bits per heavy atom. The van der Waals surface area contributed by atoms with Gasteiger partial charge in [-0.25, -0.2) is 0 Å². The van der Waals surface area contributed by atoms with E-state index in [2.05, 4.69) is 26.9 Å². The highest BCUT2D eigenvalue weighted by molar-refractivity contribution is 6.74. The van der Waals surface area contributed by atoms with Crippen molar-refractivity contribution in [2.24, 2.45) is 11.3 Å². The number of rotatable bonds is 4. The molecular weight excluding hydrogens is 158 g/mol. The minimum Gasteiger partial charge on any atom is -0.449 e. The van der Waals surface area contributed by atoms with Crippen molar-refractivity contribution in [3.63, 3.8) is 0 Å². The van der Waals surface area contributed by atoms with E-state index in [9.17, 15) is 0 Å². The van der Waals surface area contributed by atoms with Crippen LogP contribution >= 0.6 is 0 Å². The quantitative estimate of drug-likeness (QED) is 0.645. The maximum atomic E-state index is 5.60. The number of nitrogens with two attached hydrogens (primary N) is 1.